The predicted octanol–water partition coefficient (Wildman–Crippen LogP) is 2.77. The fourth-order valence-electron chi connectivity index (χ4n) is 1.52. The Hall–Kier alpha value is -1.29. The molecule has 0 fully saturated rings. The van der Waals surface area contributed by atoms with Crippen molar-refractivity contribution in [1.29, 1.82) is 0 Å². The van der Waals surface area contributed by atoms with Crippen molar-refractivity contribution in [2.24, 2.45) is 5.73 Å². The number of aliphatic hydroxyl groups excluding tert-OH is 1. The average molecular weight is 245 g/mol. The van der Waals surface area contributed by atoms with Gasteiger partial charge in [-0.2, -0.15) is 0 Å². The maximum Gasteiger partial charge on any atom is 0.0618 e. The summed E-state index contributed by atoms with van der Waals surface area (Å²) >= 11 is 1.61. The third-order valence-electron chi connectivity index (χ3n) is 2.46. The van der Waals surface area contributed by atoms with Gasteiger partial charge in [-0.05, 0) is 28.3 Å². The largest absolute Gasteiger partial charge is 0.394 e. The average Bonchev–Trinajstić information content (AvgIpc) is 2.38. The molecule has 0 aliphatic heterocycles. The molecule has 0 saturated carbocycles. The van der Waals surface area contributed by atoms with Gasteiger partial charge in [-0.25, -0.2) is 0 Å². The van der Waals surface area contributed by atoms with E-state index in [9.17, 15) is 0 Å². The molecule has 3 N–H and O–H groups in total. The highest BCUT2D eigenvalue weighted by Gasteiger charge is 1.96. The molecule has 2 aromatic rings. The SMILES string of the molecule is N[C@H](/C=C/Sc1ccc2ccccc2c1)CO. The topological polar surface area (TPSA) is 46.2 Å². The van der Waals surface area contributed by atoms with E-state index >= 15 is 0 Å². The summed E-state index contributed by atoms with van der Waals surface area (Å²) in [6, 6.07) is 14.3. The minimum absolute atomic E-state index is 0.0191. The van der Waals surface area contributed by atoms with Crippen LogP contribution in [0.3, 0.4) is 0 Å². The number of benzene rings is 2. The van der Waals surface area contributed by atoms with E-state index in [4.69, 9.17) is 10.8 Å². The number of rotatable bonds is 4. The number of fused-ring (bicyclic) bond motifs is 1. The number of hydrogen-bond donors (Lipinski definition) is 2. The van der Waals surface area contributed by atoms with Crippen molar-refractivity contribution in [3.63, 3.8) is 0 Å². The molecule has 17 heavy (non-hydrogen) atoms. The molecule has 0 heterocycles. The quantitative estimate of drug-likeness (QED) is 0.814. The van der Waals surface area contributed by atoms with Gasteiger partial charge in [-0.3, -0.25) is 0 Å². The molecule has 0 radical (unpaired) electrons. The number of aliphatic hydroxyl groups is 1. The van der Waals surface area contributed by atoms with Crippen LogP contribution in [0.15, 0.2) is 58.8 Å². The molecular weight excluding hydrogens is 230 g/mol. The van der Waals surface area contributed by atoms with E-state index in [2.05, 4.69) is 30.3 Å². The van der Waals surface area contributed by atoms with Crippen LogP contribution in [0.2, 0.25) is 0 Å². The Morgan fingerprint density at radius 3 is 2.71 bits per heavy atom. The van der Waals surface area contributed by atoms with E-state index in [1.54, 1.807) is 17.8 Å². The van der Waals surface area contributed by atoms with Gasteiger partial charge in [0.25, 0.3) is 0 Å². The lowest BCUT2D eigenvalue weighted by Crippen LogP contribution is -2.20. The summed E-state index contributed by atoms with van der Waals surface area (Å²) in [5.74, 6) is 0. The molecule has 3 heteroatoms. The van der Waals surface area contributed by atoms with E-state index in [0.717, 1.165) is 0 Å². The fourth-order valence-corrected chi connectivity index (χ4v) is 2.30. The Kier molecular flexibility index (Phi) is 4.20. The maximum absolute atomic E-state index is 8.79. The Bertz CT molecular complexity index is 524. The van der Waals surface area contributed by atoms with Crippen LogP contribution in [0, 0.1) is 0 Å². The van der Waals surface area contributed by atoms with Gasteiger partial charge in [0.1, 0.15) is 0 Å². The summed E-state index contributed by atoms with van der Waals surface area (Å²) in [5.41, 5.74) is 5.58. The molecular formula is C14H15NOS. The fraction of sp³-hybridized carbons (Fsp3) is 0.143. The normalized spacial score (nSPS) is 13.3. The zero-order valence-corrected chi connectivity index (χ0v) is 10.2. The van der Waals surface area contributed by atoms with Crippen LogP contribution in [0.4, 0.5) is 0 Å². The molecule has 88 valence electrons. The Morgan fingerprint density at radius 2 is 1.94 bits per heavy atom. The predicted molar refractivity (Wildman–Crippen MR) is 74.0 cm³/mol. The van der Waals surface area contributed by atoms with Crippen LogP contribution in [0.25, 0.3) is 10.8 Å². The first-order valence-electron chi connectivity index (χ1n) is 5.48. The molecule has 0 amide bonds. The van der Waals surface area contributed by atoms with Crippen LogP contribution < -0.4 is 5.73 Å². The van der Waals surface area contributed by atoms with E-state index < -0.39 is 0 Å². The second kappa shape index (κ2) is 5.87. The van der Waals surface area contributed by atoms with Crippen molar-refractivity contribution >= 4 is 22.5 Å². The highest BCUT2D eigenvalue weighted by atomic mass is 32.2. The highest BCUT2D eigenvalue weighted by molar-refractivity contribution is 8.02. The van der Waals surface area contributed by atoms with Gasteiger partial charge in [-0.1, -0.05) is 48.2 Å². The van der Waals surface area contributed by atoms with Crippen molar-refractivity contribution < 1.29 is 5.11 Å². The number of nitrogens with two attached hydrogens (primary N) is 1. The van der Waals surface area contributed by atoms with Gasteiger partial charge < -0.3 is 10.8 Å². The van der Waals surface area contributed by atoms with Crippen LogP contribution in [-0.2, 0) is 0 Å². The molecule has 2 nitrogen and oxygen atoms in total. The summed E-state index contributed by atoms with van der Waals surface area (Å²) in [4.78, 5) is 1.17. The third-order valence-corrected chi connectivity index (χ3v) is 3.28. The van der Waals surface area contributed by atoms with Crippen LogP contribution in [0.1, 0.15) is 0 Å². The molecule has 0 saturated heterocycles. The van der Waals surface area contributed by atoms with Crippen LogP contribution in [-0.4, -0.2) is 17.8 Å². The smallest absolute Gasteiger partial charge is 0.0618 e. The minimum Gasteiger partial charge on any atom is -0.394 e. The van der Waals surface area contributed by atoms with Crippen molar-refractivity contribution in [1.82, 2.24) is 0 Å². The standard InChI is InChI=1S/C14H15NOS/c15-13(10-16)7-8-17-14-6-5-11-3-1-2-4-12(11)9-14/h1-9,13,16H,10,15H2/b8-7+/t13-/m1/s1. The maximum atomic E-state index is 8.79. The Balaban J connectivity index is 2.12. The summed E-state index contributed by atoms with van der Waals surface area (Å²) in [6.45, 7) is -0.0191. The number of thioether (sulfide) groups is 1. The van der Waals surface area contributed by atoms with E-state index in [1.165, 1.54) is 15.7 Å². The molecule has 1 atom stereocenters. The summed E-state index contributed by atoms with van der Waals surface area (Å²) < 4.78 is 0. The first-order valence-corrected chi connectivity index (χ1v) is 6.36. The Labute approximate surface area is 105 Å². The molecule has 0 unspecified atom stereocenters. The molecule has 0 aliphatic rings. The first kappa shape index (κ1) is 12.2. The van der Waals surface area contributed by atoms with Gasteiger partial charge in [-0.15, -0.1) is 0 Å². The lowest BCUT2D eigenvalue weighted by Gasteiger charge is -2.02. The monoisotopic (exact) mass is 245 g/mol. The molecule has 2 rings (SSSR count). The van der Waals surface area contributed by atoms with Crippen molar-refractivity contribution in [3.8, 4) is 0 Å². The molecule has 0 bridgehead atoms. The van der Waals surface area contributed by atoms with Gasteiger partial charge in [0, 0.05) is 10.9 Å². The lowest BCUT2D eigenvalue weighted by atomic mass is 10.1. The van der Waals surface area contributed by atoms with Gasteiger partial charge >= 0.3 is 0 Å². The summed E-state index contributed by atoms with van der Waals surface area (Å²) in [5, 5.41) is 13.2. The third kappa shape index (κ3) is 3.33. The molecule has 0 aliphatic carbocycles. The van der Waals surface area contributed by atoms with E-state index in [-0.39, 0.29) is 12.6 Å². The first-order chi connectivity index (χ1) is 8.29. The number of hydrogen-bond acceptors (Lipinski definition) is 3. The van der Waals surface area contributed by atoms with Crippen LogP contribution in [0.5, 0.6) is 0 Å². The summed E-state index contributed by atoms with van der Waals surface area (Å²) in [7, 11) is 0. The van der Waals surface area contributed by atoms with Crippen molar-refractivity contribution in [2.45, 2.75) is 10.9 Å². The molecule has 0 spiro atoms. The van der Waals surface area contributed by atoms with Crippen LogP contribution >= 0.6 is 11.8 Å². The highest BCUT2D eigenvalue weighted by Crippen LogP contribution is 2.24. The minimum atomic E-state index is -0.275. The zero-order valence-electron chi connectivity index (χ0n) is 9.41. The lowest BCUT2D eigenvalue weighted by molar-refractivity contribution is 0.284. The second-order valence-electron chi connectivity index (χ2n) is 3.80. The van der Waals surface area contributed by atoms with Gasteiger partial charge in [0.15, 0.2) is 0 Å². The Morgan fingerprint density at radius 1 is 1.18 bits per heavy atom. The molecule has 0 aromatic heterocycles. The van der Waals surface area contributed by atoms with Gasteiger partial charge in [0.2, 0.25) is 0 Å². The van der Waals surface area contributed by atoms with Gasteiger partial charge in [0.05, 0.1) is 6.61 Å². The van der Waals surface area contributed by atoms with E-state index in [1.807, 2.05) is 17.5 Å². The summed E-state index contributed by atoms with van der Waals surface area (Å²) in [6.07, 6.45) is 1.81. The van der Waals surface area contributed by atoms with Crippen molar-refractivity contribution in [2.75, 3.05) is 6.61 Å². The zero-order chi connectivity index (χ0) is 12.1. The van der Waals surface area contributed by atoms with E-state index in [0.29, 0.717) is 0 Å². The van der Waals surface area contributed by atoms with Crippen molar-refractivity contribution in [3.05, 3.63) is 53.9 Å². The molecule has 2 aromatic carbocycles. The second-order valence-corrected chi connectivity index (χ2v) is 4.78.